The number of para-hydroxylation sites is 1. The third-order valence-corrected chi connectivity index (χ3v) is 5.71. The molecule has 1 unspecified atom stereocenters. The first-order valence-corrected chi connectivity index (χ1v) is 11.1. The number of benzene rings is 3. The molecule has 5 heteroatoms. The quantitative estimate of drug-likeness (QED) is 0.482. The Hall–Kier alpha value is -3.44. The normalized spacial score (nSPS) is 13.1. The molecule has 2 N–H and O–H groups in total. The van der Waals surface area contributed by atoms with Crippen molar-refractivity contribution in [1.29, 1.82) is 0 Å². The van der Waals surface area contributed by atoms with Gasteiger partial charge >= 0.3 is 0 Å². The molecular formula is C27H28N2O3. The number of ether oxygens (including phenoxy) is 1. The van der Waals surface area contributed by atoms with E-state index in [0.29, 0.717) is 36.4 Å². The summed E-state index contributed by atoms with van der Waals surface area (Å²) >= 11 is 0. The second-order valence-electron chi connectivity index (χ2n) is 7.99. The van der Waals surface area contributed by atoms with Crippen molar-refractivity contribution in [1.82, 2.24) is 10.6 Å². The molecule has 0 radical (unpaired) electrons. The van der Waals surface area contributed by atoms with Crippen molar-refractivity contribution in [3.05, 3.63) is 101 Å². The third kappa shape index (κ3) is 5.62. The van der Waals surface area contributed by atoms with Crippen LogP contribution in [-0.2, 0) is 12.8 Å². The van der Waals surface area contributed by atoms with Gasteiger partial charge in [0.05, 0.1) is 18.7 Å². The SMILES string of the molecule is O=C(CNC(CCNC(=O)c1cccc2c1OCC2)Cc1ccccc1)c1ccccc1. The van der Waals surface area contributed by atoms with Crippen molar-refractivity contribution < 1.29 is 14.3 Å². The Labute approximate surface area is 188 Å². The third-order valence-electron chi connectivity index (χ3n) is 5.71. The number of Topliss-reactive ketones (excluding diaryl/α,β-unsaturated/α-hetero) is 1. The number of carbonyl (C=O) groups is 2. The lowest BCUT2D eigenvalue weighted by Crippen LogP contribution is -2.38. The first-order chi connectivity index (χ1) is 15.7. The van der Waals surface area contributed by atoms with Crippen LogP contribution in [0.1, 0.15) is 38.3 Å². The molecule has 32 heavy (non-hydrogen) atoms. The highest BCUT2D eigenvalue weighted by atomic mass is 16.5. The predicted molar refractivity (Wildman–Crippen MR) is 125 cm³/mol. The van der Waals surface area contributed by atoms with Gasteiger partial charge in [-0.15, -0.1) is 0 Å². The molecular weight excluding hydrogens is 400 g/mol. The standard InChI is InChI=1S/C27H28N2O3/c30-25(21-10-5-2-6-11-21)19-29-23(18-20-8-3-1-4-9-20)14-16-28-27(31)24-13-7-12-22-15-17-32-26(22)24/h1-13,23,29H,14-19H2,(H,28,31). The predicted octanol–water partition coefficient (Wildman–Crippen LogP) is 3.83. The highest BCUT2D eigenvalue weighted by Gasteiger charge is 2.20. The molecule has 1 heterocycles. The van der Waals surface area contributed by atoms with Gasteiger partial charge in [0.15, 0.2) is 5.78 Å². The lowest BCUT2D eigenvalue weighted by molar-refractivity contribution is 0.0943. The summed E-state index contributed by atoms with van der Waals surface area (Å²) in [6.45, 7) is 1.39. The van der Waals surface area contributed by atoms with Crippen LogP contribution in [-0.4, -0.2) is 37.4 Å². The van der Waals surface area contributed by atoms with Crippen LogP contribution in [0, 0.1) is 0 Å². The number of ketones is 1. The molecule has 5 nitrogen and oxygen atoms in total. The van der Waals surface area contributed by atoms with E-state index in [-0.39, 0.29) is 24.3 Å². The Morgan fingerprint density at radius 3 is 2.44 bits per heavy atom. The van der Waals surface area contributed by atoms with Gasteiger partial charge < -0.3 is 15.4 Å². The van der Waals surface area contributed by atoms with E-state index >= 15 is 0 Å². The van der Waals surface area contributed by atoms with Crippen LogP contribution in [0.3, 0.4) is 0 Å². The maximum Gasteiger partial charge on any atom is 0.255 e. The average Bonchev–Trinajstić information content (AvgIpc) is 3.32. The van der Waals surface area contributed by atoms with E-state index in [9.17, 15) is 9.59 Å². The Kier molecular flexibility index (Phi) is 7.31. The summed E-state index contributed by atoms with van der Waals surface area (Å²) < 4.78 is 5.65. The molecule has 1 amide bonds. The van der Waals surface area contributed by atoms with Crippen LogP contribution in [0.15, 0.2) is 78.9 Å². The lowest BCUT2D eigenvalue weighted by Gasteiger charge is -2.19. The van der Waals surface area contributed by atoms with Crippen molar-refractivity contribution in [2.24, 2.45) is 0 Å². The van der Waals surface area contributed by atoms with Crippen molar-refractivity contribution in [3.8, 4) is 5.75 Å². The Morgan fingerprint density at radius 1 is 0.906 bits per heavy atom. The van der Waals surface area contributed by atoms with Gasteiger partial charge in [-0.25, -0.2) is 0 Å². The second-order valence-corrected chi connectivity index (χ2v) is 7.99. The van der Waals surface area contributed by atoms with Gasteiger partial charge in [-0.1, -0.05) is 72.8 Å². The molecule has 0 bridgehead atoms. The number of carbonyl (C=O) groups excluding carboxylic acids is 2. The van der Waals surface area contributed by atoms with Crippen LogP contribution in [0.5, 0.6) is 5.75 Å². The van der Waals surface area contributed by atoms with Gasteiger partial charge in [0.1, 0.15) is 5.75 Å². The van der Waals surface area contributed by atoms with Gasteiger partial charge in [0.25, 0.3) is 5.91 Å². The molecule has 3 aromatic rings. The minimum absolute atomic E-state index is 0.0584. The zero-order valence-corrected chi connectivity index (χ0v) is 18.1. The summed E-state index contributed by atoms with van der Waals surface area (Å²) in [7, 11) is 0. The molecule has 0 saturated heterocycles. The summed E-state index contributed by atoms with van der Waals surface area (Å²) in [5, 5.41) is 6.42. The fourth-order valence-corrected chi connectivity index (χ4v) is 3.99. The number of nitrogens with one attached hydrogen (secondary N) is 2. The van der Waals surface area contributed by atoms with E-state index in [1.165, 1.54) is 5.56 Å². The summed E-state index contributed by atoms with van der Waals surface area (Å²) in [5.41, 5.74) is 3.56. The molecule has 0 saturated carbocycles. The molecule has 0 spiro atoms. The van der Waals surface area contributed by atoms with Gasteiger partial charge in [-0.3, -0.25) is 9.59 Å². The maximum atomic E-state index is 12.7. The molecule has 1 atom stereocenters. The van der Waals surface area contributed by atoms with Gasteiger partial charge in [0, 0.05) is 24.6 Å². The van der Waals surface area contributed by atoms with Crippen LogP contribution in [0.25, 0.3) is 0 Å². The van der Waals surface area contributed by atoms with E-state index in [1.54, 1.807) is 6.07 Å². The molecule has 0 fully saturated rings. The average molecular weight is 429 g/mol. The van der Waals surface area contributed by atoms with E-state index in [2.05, 4.69) is 22.8 Å². The van der Waals surface area contributed by atoms with Crippen LogP contribution in [0.4, 0.5) is 0 Å². The fraction of sp³-hybridized carbons (Fsp3) is 0.259. The van der Waals surface area contributed by atoms with E-state index in [1.807, 2.05) is 60.7 Å². The fourth-order valence-electron chi connectivity index (χ4n) is 3.99. The monoisotopic (exact) mass is 428 g/mol. The number of rotatable bonds is 10. The molecule has 0 aromatic heterocycles. The van der Waals surface area contributed by atoms with Crippen LogP contribution >= 0.6 is 0 Å². The van der Waals surface area contributed by atoms with Gasteiger partial charge in [0.2, 0.25) is 0 Å². The van der Waals surface area contributed by atoms with Crippen molar-refractivity contribution in [3.63, 3.8) is 0 Å². The first kappa shape index (κ1) is 21.8. The minimum Gasteiger partial charge on any atom is -0.492 e. The summed E-state index contributed by atoms with van der Waals surface area (Å²) in [6.07, 6.45) is 2.33. The van der Waals surface area contributed by atoms with E-state index in [4.69, 9.17) is 4.74 Å². The first-order valence-electron chi connectivity index (χ1n) is 11.1. The van der Waals surface area contributed by atoms with E-state index < -0.39 is 0 Å². The number of hydrogen-bond acceptors (Lipinski definition) is 4. The second kappa shape index (κ2) is 10.7. The smallest absolute Gasteiger partial charge is 0.255 e. The zero-order chi connectivity index (χ0) is 22.2. The molecule has 0 aliphatic carbocycles. The molecule has 164 valence electrons. The Balaban J connectivity index is 1.35. The lowest BCUT2D eigenvalue weighted by atomic mass is 10.0. The molecule has 4 rings (SSSR count). The van der Waals surface area contributed by atoms with Crippen molar-refractivity contribution >= 4 is 11.7 Å². The van der Waals surface area contributed by atoms with Crippen molar-refractivity contribution in [2.45, 2.75) is 25.3 Å². The topological polar surface area (TPSA) is 67.4 Å². The Bertz CT molecular complexity index is 1050. The largest absolute Gasteiger partial charge is 0.492 e. The van der Waals surface area contributed by atoms with Gasteiger partial charge in [-0.2, -0.15) is 0 Å². The summed E-state index contributed by atoms with van der Waals surface area (Å²) in [6, 6.07) is 25.2. The maximum absolute atomic E-state index is 12.7. The van der Waals surface area contributed by atoms with Crippen LogP contribution in [0.2, 0.25) is 0 Å². The zero-order valence-electron chi connectivity index (χ0n) is 18.1. The minimum atomic E-state index is -0.123. The van der Waals surface area contributed by atoms with Gasteiger partial charge in [-0.05, 0) is 30.0 Å². The molecule has 1 aliphatic heterocycles. The highest BCUT2D eigenvalue weighted by molar-refractivity contribution is 5.98. The number of hydrogen-bond donors (Lipinski definition) is 2. The highest BCUT2D eigenvalue weighted by Crippen LogP contribution is 2.29. The van der Waals surface area contributed by atoms with E-state index in [0.717, 1.165) is 18.4 Å². The molecule has 3 aromatic carbocycles. The summed E-state index contributed by atoms with van der Waals surface area (Å²) in [4.78, 5) is 25.3. The number of fused-ring (bicyclic) bond motifs is 1. The summed E-state index contributed by atoms with van der Waals surface area (Å²) in [5.74, 6) is 0.643. The van der Waals surface area contributed by atoms with Crippen LogP contribution < -0.4 is 15.4 Å². The Morgan fingerprint density at radius 2 is 1.66 bits per heavy atom. The van der Waals surface area contributed by atoms with Crippen molar-refractivity contribution in [2.75, 3.05) is 19.7 Å². The molecule has 1 aliphatic rings. The number of amides is 1.